The van der Waals surface area contributed by atoms with Crippen LogP contribution < -0.4 is 10.3 Å². The summed E-state index contributed by atoms with van der Waals surface area (Å²) in [6, 6.07) is 8.96. The molecule has 1 saturated heterocycles. The number of aromatic nitrogens is 3. The molecule has 3 heterocycles. The molecule has 1 aromatic carbocycles. The molecule has 32 heavy (non-hydrogen) atoms. The zero-order chi connectivity index (χ0) is 22.4. The van der Waals surface area contributed by atoms with E-state index in [1.807, 2.05) is 36.1 Å². The number of hydrogen-bond donors (Lipinski definition) is 2. The van der Waals surface area contributed by atoms with Crippen molar-refractivity contribution < 1.29 is 9.00 Å². The van der Waals surface area contributed by atoms with Crippen molar-refractivity contribution in [1.82, 2.24) is 19.5 Å². The molecule has 1 amide bonds. The third-order valence-corrected chi connectivity index (χ3v) is 7.92. The van der Waals surface area contributed by atoms with Crippen molar-refractivity contribution in [3.63, 3.8) is 0 Å². The first-order chi connectivity index (χ1) is 15.4. The number of likely N-dealkylation sites (tertiary alicyclic amines) is 1. The number of anilines is 1. The van der Waals surface area contributed by atoms with Gasteiger partial charge in [-0.05, 0) is 58.1 Å². The predicted molar refractivity (Wildman–Crippen MR) is 124 cm³/mol. The Bertz CT molecular complexity index is 1280. The monoisotopic (exact) mass is 453 g/mol. The Kier molecular flexibility index (Phi) is 5.36. The average molecular weight is 454 g/mol. The molecule has 0 bridgehead atoms. The minimum absolute atomic E-state index is 0.100. The number of benzene rings is 1. The Morgan fingerprint density at radius 3 is 2.75 bits per heavy atom. The topological polar surface area (TPSA) is 99.6 Å². The van der Waals surface area contributed by atoms with Crippen LogP contribution in [0, 0.1) is 13.8 Å². The number of rotatable bonds is 5. The Balaban J connectivity index is 1.49. The van der Waals surface area contributed by atoms with Crippen LogP contribution in [-0.4, -0.2) is 41.4 Å². The SMILES string of the molecule is Cc1nc2cc([C@@H]3CCCCN3C(=O)c3ccccc3NS(=O)C3CC3)[nH]n2c(=O)c1C. The van der Waals surface area contributed by atoms with Crippen LogP contribution in [0.25, 0.3) is 5.65 Å². The van der Waals surface area contributed by atoms with E-state index in [4.69, 9.17) is 0 Å². The third-order valence-electron chi connectivity index (χ3n) is 6.42. The van der Waals surface area contributed by atoms with Crippen molar-refractivity contribution in [2.75, 3.05) is 11.3 Å². The zero-order valence-corrected chi connectivity index (χ0v) is 19.1. The van der Waals surface area contributed by atoms with Crippen LogP contribution in [0.2, 0.25) is 0 Å². The van der Waals surface area contributed by atoms with E-state index in [1.165, 1.54) is 4.52 Å². The second-order valence-electron chi connectivity index (χ2n) is 8.69. The van der Waals surface area contributed by atoms with Crippen molar-refractivity contribution in [3.8, 4) is 0 Å². The molecule has 2 N–H and O–H groups in total. The largest absolute Gasteiger partial charge is 0.330 e. The van der Waals surface area contributed by atoms with Gasteiger partial charge in [-0.2, -0.15) is 0 Å². The first-order valence-electron chi connectivity index (χ1n) is 11.1. The number of H-pyrrole nitrogens is 1. The standard InChI is InChI=1S/C23H27N5O3S/c1-14-15(2)24-21-13-19(25-28(21)22(14)29)20-9-5-6-12-27(20)23(30)17-7-3-4-8-18(17)26-32(31)16-10-11-16/h3-4,7-8,13,16,20,25-26H,5-6,9-12H2,1-2H3/t20-,32?/m0/s1. The second-order valence-corrected chi connectivity index (χ2v) is 10.2. The lowest BCUT2D eigenvalue weighted by molar-refractivity contribution is 0.0607. The molecule has 2 atom stereocenters. The lowest BCUT2D eigenvalue weighted by atomic mass is 9.98. The summed E-state index contributed by atoms with van der Waals surface area (Å²) in [6.07, 6.45) is 4.63. The lowest BCUT2D eigenvalue weighted by Gasteiger charge is -2.35. The highest BCUT2D eigenvalue weighted by molar-refractivity contribution is 7.87. The summed E-state index contributed by atoms with van der Waals surface area (Å²) in [6.45, 7) is 4.22. The smallest absolute Gasteiger partial charge is 0.275 e. The maximum Gasteiger partial charge on any atom is 0.275 e. The Labute approximate surface area is 188 Å². The van der Waals surface area contributed by atoms with Gasteiger partial charge in [0, 0.05) is 23.9 Å². The van der Waals surface area contributed by atoms with Crippen molar-refractivity contribution in [3.05, 3.63) is 63.2 Å². The fraction of sp³-hybridized carbons (Fsp3) is 0.435. The molecule has 5 rings (SSSR count). The Hall–Kier alpha value is -2.94. The van der Waals surface area contributed by atoms with E-state index < -0.39 is 11.0 Å². The molecule has 3 aromatic rings. The van der Waals surface area contributed by atoms with Crippen LogP contribution in [0.5, 0.6) is 0 Å². The van der Waals surface area contributed by atoms with Crippen LogP contribution in [0.3, 0.4) is 0 Å². The minimum Gasteiger partial charge on any atom is -0.330 e. The van der Waals surface area contributed by atoms with Crippen molar-refractivity contribution in [1.29, 1.82) is 0 Å². The summed E-state index contributed by atoms with van der Waals surface area (Å²) >= 11 is 0. The van der Waals surface area contributed by atoms with Crippen LogP contribution in [0.15, 0.2) is 35.1 Å². The van der Waals surface area contributed by atoms with Gasteiger partial charge >= 0.3 is 0 Å². The van der Waals surface area contributed by atoms with Crippen molar-refractivity contribution in [2.45, 2.75) is 57.2 Å². The number of nitrogens with one attached hydrogen (secondary N) is 2. The number of carbonyl (C=O) groups is 1. The maximum atomic E-state index is 13.7. The van der Waals surface area contributed by atoms with Gasteiger partial charge in [0.1, 0.15) is 11.0 Å². The highest BCUT2D eigenvalue weighted by atomic mass is 32.2. The van der Waals surface area contributed by atoms with Gasteiger partial charge in [0.15, 0.2) is 5.65 Å². The number of carbonyl (C=O) groups excluding carboxylic acids is 1. The van der Waals surface area contributed by atoms with E-state index in [-0.39, 0.29) is 22.8 Å². The zero-order valence-electron chi connectivity index (χ0n) is 18.3. The fourth-order valence-electron chi connectivity index (χ4n) is 4.29. The number of aromatic amines is 1. The van der Waals surface area contributed by atoms with E-state index in [0.717, 1.165) is 37.8 Å². The predicted octanol–water partition coefficient (Wildman–Crippen LogP) is 3.24. The quantitative estimate of drug-likeness (QED) is 0.619. The molecule has 9 heteroatoms. The Morgan fingerprint density at radius 2 is 1.97 bits per heavy atom. The molecular formula is C23H27N5O3S. The van der Waals surface area contributed by atoms with E-state index >= 15 is 0 Å². The molecule has 1 aliphatic carbocycles. The number of piperidine rings is 1. The van der Waals surface area contributed by atoms with Crippen LogP contribution in [0.4, 0.5) is 5.69 Å². The summed E-state index contributed by atoms with van der Waals surface area (Å²) in [7, 11) is -1.18. The normalized spacial score (nSPS) is 19.8. The second kappa shape index (κ2) is 8.20. The number of hydrogen-bond acceptors (Lipinski definition) is 4. The van der Waals surface area contributed by atoms with Crippen molar-refractivity contribution >= 4 is 28.2 Å². The molecule has 168 valence electrons. The van der Waals surface area contributed by atoms with Crippen LogP contribution in [0.1, 0.15) is 65.5 Å². The minimum atomic E-state index is -1.18. The van der Waals surface area contributed by atoms with Gasteiger partial charge in [0.2, 0.25) is 0 Å². The van der Waals surface area contributed by atoms with Gasteiger partial charge in [0.05, 0.1) is 28.2 Å². The summed E-state index contributed by atoms with van der Waals surface area (Å²) in [5.41, 5.74) is 3.69. The van der Waals surface area contributed by atoms with E-state index in [9.17, 15) is 13.8 Å². The number of nitrogens with zero attached hydrogens (tertiary/aromatic N) is 3. The lowest BCUT2D eigenvalue weighted by Crippen LogP contribution is -2.39. The van der Waals surface area contributed by atoms with Gasteiger partial charge < -0.3 is 9.62 Å². The fourth-order valence-corrected chi connectivity index (χ4v) is 5.42. The summed E-state index contributed by atoms with van der Waals surface area (Å²) < 4.78 is 16.9. The molecule has 1 aliphatic heterocycles. The van der Waals surface area contributed by atoms with Crippen LogP contribution >= 0.6 is 0 Å². The molecule has 1 saturated carbocycles. The highest BCUT2D eigenvalue weighted by Crippen LogP contribution is 2.34. The maximum absolute atomic E-state index is 13.7. The van der Waals surface area contributed by atoms with E-state index in [0.29, 0.717) is 34.7 Å². The molecular weight excluding hydrogens is 426 g/mol. The van der Waals surface area contributed by atoms with Gasteiger partial charge in [-0.15, -0.1) is 0 Å². The number of fused-ring (bicyclic) bond motifs is 1. The average Bonchev–Trinajstić information content (AvgIpc) is 3.57. The molecule has 1 unspecified atom stereocenters. The molecule has 2 aromatic heterocycles. The van der Waals surface area contributed by atoms with Gasteiger partial charge in [-0.25, -0.2) is 13.7 Å². The van der Waals surface area contributed by atoms with Gasteiger partial charge in [-0.3, -0.25) is 14.7 Å². The number of para-hydroxylation sites is 1. The number of amides is 1. The summed E-state index contributed by atoms with van der Waals surface area (Å²) in [4.78, 5) is 32.7. The molecule has 8 nitrogen and oxygen atoms in total. The van der Waals surface area contributed by atoms with Gasteiger partial charge in [-0.1, -0.05) is 12.1 Å². The molecule has 0 spiro atoms. The first-order valence-corrected chi connectivity index (χ1v) is 12.3. The summed E-state index contributed by atoms with van der Waals surface area (Å²) in [5.74, 6) is -0.100. The first kappa shape index (κ1) is 20.9. The molecule has 2 aliphatic rings. The molecule has 2 fully saturated rings. The van der Waals surface area contributed by atoms with Gasteiger partial charge in [0.25, 0.3) is 11.5 Å². The van der Waals surface area contributed by atoms with Crippen LogP contribution in [-0.2, 0) is 11.0 Å². The molecule has 0 radical (unpaired) electrons. The van der Waals surface area contributed by atoms with E-state index in [2.05, 4.69) is 14.8 Å². The highest BCUT2D eigenvalue weighted by Gasteiger charge is 2.33. The summed E-state index contributed by atoms with van der Waals surface area (Å²) in [5, 5.41) is 3.36. The van der Waals surface area contributed by atoms with Crippen molar-refractivity contribution in [2.24, 2.45) is 0 Å². The van der Waals surface area contributed by atoms with E-state index in [1.54, 1.807) is 13.0 Å². The third kappa shape index (κ3) is 3.74. The number of aryl methyl sites for hydroxylation is 1. The Morgan fingerprint density at radius 1 is 1.19 bits per heavy atom.